The summed E-state index contributed by atoms with van der Waals surface area (Å²) in [4.78, 5) is 19.9. The molecule has 1 amide bonds. The van der Waals surface area contributed by atoms with Crippen molar-refractivity contribution in [1.29, 1.82) is 0 Å². The monoisotopic (exact) mass is 415 g/mol. The number of amides is 1. The van der Waals surface area contributed by atoms with Crippen LogP contribution in [0, 0.1) is 5.92 Å². The third-order valence-corrected chi connectivity index (χ3v) is 6.62. The molecule has 0 N–H and O–H groups in total. The molecule has 0 radical (unpaired) electrons. The Morgan fingerprint density at radius 2 is 1.57 bits per heavy atom. The van der Waals surface area contributed by atoms with E-state index in [4.69, 9.17) is 9.47 Å². The Hall–Kier alpha value is -1.47. The molecule has 1 aromatic rings. The zero-order valence-electron chi connectivity index (χ0n) is 18.6. The van der Waals surface area contributed by atoms with Crippen LogP contribution in [0.15, 0.2) is 24.3 Å². The van der Waals surface area contributed by atoms with Crippen molar-refractivity contribution in [3.8, 4) is 0 Å². The van der Waals surface area contributed by atoms with E-state index in [1.807, 2.05) is 17.0 Å². The lowest BCUT2D eigenvalue weighted by atomic mass is 9.95. The van der Waals surface area contributed by atoms with Crippen molar-refractivity contribution in [2.45, 2.75) is 45.4 Å². The first-order valence-electron chi connectivity index (χ1n) is 11.6. The van der Waals surface area contributed by atoms with Crippen LogP contribution in [0.4, 0.5) is 0 Å². The summed E-state index contributed by atoms with van der Waals surface area (Å²) in [6.07, 6.45) is 2.77. The summed E-state index contributed by atoms with van der Waals surface area (Å²) in [5.74, 6) is 0.882. The number of nitrogens with zero attached hydrogens (tertiary/aromatic N) is 3. The first-order valence-corrected chi connectivity index (χ1v) is 11.6. The van der Waals surface area contributed by atoms with Crippen LogP contribution in [-0.2, 0) is 16.0 Å². The molecule has 0 spiro atoms. The third-order valence-electron chi connectivity index (χ3n) is 6.62. The molecule has 3 aliphatic heterocycles. The van der Waals surface area contributed by atoms with Gasteiger partial charge in [0.05, 0.1) is 25.4 Å². The Balaban J connectivity index is 1.25. The fourth-order valence-electron chi connectivity index (χ4n) is 5.07. The minimum absolute atomic E-state index is 0.181. The van der Waals surface area contributed by atoms with E-state index < -0.39 is 0 Å². The Kier molecular flexibility index (Phi) is 7.41. The SMILES string of the molecule is CC1CN(Cc2ccc(C(=O)N3CCC(CN4CCOCC4)CC3)cc2)CC(C)O1. The van der Waals surface area contributed by atoms with Crippen LogP contribution < -0.4 is 0 Å². The van der Waals surface area contributed by atoms with Crippen LogP contribution in [0.2, 0.25) is 0 Å². The highest BCUT2D eigenvalue weighted by atomic mass is 16.5. The number of ether oxygens (including phenoxy) is 2. The molecule has 0 aliphatic carbocycles. The van der Waals surface area contributed by atoms with Gasteiger partial charge in [0.1, 0.15) is 0 Å². The Bertz CT molecular complexity index is 671. The number of likely N-dealkylation sites (tertiary alicyclic amines) is 1. The smallest absolute Gasteiger partial charge is 0.253 e. The molecule has 2 unspecified atom stereocenters. The second kappa shape index (κ2) is 10.2. The number of carbonyl (C=O) groups is 1. The maximum atomic E-state index is 13.0. The highest BCUT2D eigenvalue weighted by molar-refractivity contribution is 5.94. The van der Waals surface area contributed by atoms with Crippen molar-refractivity contribution in [2.24, 2.45) is 5.92 Å². The number of hydrogen-bond acceptors (Lipinski definition) is 5. The Morgan fingerprint density at radius 1 is 0.933 bits per heavy atom. The summed E-state index contributed by atoms with van der Waals surface area (Å²) in [6.45, 7) is 13.8. The number of hydrogen-bond donors (Lipinski definition) is 0. The van der Waals surface area contributed by atoms with Crippen LogP contribution >= 0.6 is 0 Å². The maximum absolute atomic E-state index is 13.0. The van der Waals surface area contributed by atoms with Gasteiger partial charge < -0.3 is 14.4 Å². The van der Waals surface area contributed by atoms with Gasteiger partial charge in [-0.1, -0.05) is 12.1 Å². The molecule has 0 aromatic heterocycles. The minimum atomic E-state index is 0.181. The van der Waals surface area contributed by atoms with E-state index in [2.05, 4.69) is 35.8 Å². The topological polar surface area (TPSA) is 45.3 Å². The number of morpholine rings is 2. The van der Waals surface area contributed by atoms with Crippen molar-refractivity contribution in [3.05, 3.63) is 35.4 Å². The second-order valence-electron chi connectivity index (χ2n) is 9.30. The van der Waals surface area contributed by atoms with E-state index in [0.29, 0.717) is 5.92 Å². The standard InChI is InChI=1S/C24H37N3O3/c1-19-15-26(16-20(2)30-19)18-21-3-5-23(6-4-21)24(28)27-9-7-22(8-10-27)17-25-11-13-29-14-12-25/h3-6,19-20,22H,7-18H2,1-2H3. The fourth-order valence-corrected chi connectivity index (χ4v) is 5.07. The Labute approximate surface area is 181 Å². The maximum Gasteiger partial charge on any atom is 0.253 e. The lowest BCUT2D eigenvalue weighted by molar-refractivity contribution is -0.0704. The molecule has 3 saturated heterocycles. The molecule has 0 bridgehead atoms. The lowest BCUT2D eigenvalue weighted by Gasteiger charge is -2.36. The van der Waals surface area contributed by atoms with E-state index in [9.17, 15) is 4.79 Å². The average molecular weight is 416 g/mol. The summed E-state index contributed by atoms with van der Waals surface area (Å²) >= 11 is 0. The van der Waals surface area contributed by atoms with Gasteiger partial charge in [-0.05, 0) is 50.3 Å². The van der Waals surface area contributed by atoms with Crippen LogP contribution in [-0.4, -0.2) is 91.8 Å². The molecule has 6 heteroatoms. The second-order valence-corrected chi connectivity index (χ2v) is 9.30. The highest BCUT2D eigenvalue weighted by Crippen LogP contribution is 2.21. The van der Waals surface area contributed by atoms with Gasteiger partial charge in [0.2, 0.25) is 0 Å². The summed E-state index contributed by atoms with van der Waals surface area (Å²) in [5.41, 5.74) is 2.08. The summed E-state index contributed by atoms with van der Waals surface area (Å²) in [6, 6.07) is 8.24. The van der Waals surface area contributed by atoms with Crippen LogP contribution in [0.1, 0.15) is 42.6 Å². The zero-order chi connectivity index (χ0) is 20.9. The lowest BCUT2D eigenvalue weighted by Crippen LogP contribution is -2.44. The highest BCUT2D eigenvalue weighted by Gasteiger charge is 2.26. The quantitative estimate of drug-likeness (QED) is 0.739. The van der Waals surface area contributed by atoms with E-state index in [0.717, 1.165) is 84.0 Å². The van der Waals surface area contributed by atoms with Crippen LogP contribution in [0.5, 0.6) is 0 Å². The normalized spacial score (nSPS) is 27.3. The van der Waals surface area contributed by atoms with Crippen molar-refractivity contribution < 1.29 is 14.3 Å². The van der Waals surface area contributed by atoms with Gasteiger partial charge >= 0.3 is 0 Å². The van der Waals surface area contributed by atoms with Gasteiger partial charge in [-0.15, -0.1) is 0 Å². The molecule has 30 heavy (non-hydrogen) atoms. The molecule has 3 fully saturated rings. The van der Waals surface area contributed by atoms with Gasteiger partial charge in [-0.3, -0.25) is 14.6 Å². The summed E-state index contributed by atoms with van der Waals surface area (Å²) in [5, 5.41) is 0. The van der Waals surface area contributed by atoms with Crippen LogP contribution in [0.25, 0.3) is 0 Å². The first kappa shape index (κ1) is 21.8. The number of rotatable bonds is 5. The summed E-state index contributed by atoms with van der Waals surface area (Å²) in [7, 11) is 0. The molecular weight excluding hydrogens is 378 g/mol. The molecule has 0 saturated carbocycles. The van der Waals surface area contributed by atoms with Crippen molar-refractivity contribution >= 4 is 5.91 Å². The molecule has 1 aromatic carbocycles. The molecule has 166 valence electrons. The molecule has 3 aliphatic rings. The molecule has 2 atom stereocenters. The fraction of sp³-hybridized carbons (Fsp3) is 0.708. The number of piperidine rings is 1. The zero-order valence-corrected chi connectivity index (χ0v) is 18.6. The largest absolute Gasteiger partial charge is 0.379 e. The van der Waals surface area contributed by atoms with Crippen molar-refractivity contribution in [3.63, 3.8) is 0 Å². The Morgan fingerprint density at radius 3 is 2.20 bits per heavy atom. The molecule has 4 rings (SSSR count). The van der Waals surface area contributed by atoms with Gasteiger partial charge in [0, 0.05) is 57.9 Å². The van der Waals surface area contributed by atoms with Gasteiger partial charge in [-0.2, -0.15) is 0 Å². The van der Waals surface area contributed by atoms with E-state index >= 15 is 0 Å². The van der Waals surface area contributed by atoms with E-state index in [-0.39, 0.29) is 18.1 Å². The van der Waals surface area contributed by atoms with E-state index in [1.54, 1.807) is 0 Å². The number of carbonyl (C=O) groups excluding carboxylic acids is 1. The molecule has 3 heterocycles. The summed E-state index contributed by atoms with van der Waals surface area (Å²) < 4.78 is 11.3. The van der Waals surface area contributed by atoms with Gasteiger partial charge in [0.15, 0.2) is 0 Å². The average Bonchev–Trinajstić information content (AvgIpc) is 2.74. The third kappa shape index (κ3) is 5.82. The van der Waals surface area contributed by atoms with E-state index in [1.165, 1.54) is 5.56 Å². The molecule has 6 nitrogen and oxygen atoms in total. The van der Waals surface area contributed by atoms with Gasteiger partial charge in [0.25, 0.3) is 5.91 Å². The predicted molar refractivity (Wildman–Crippen MR) is 118 cm³/mol. The van der Waals surface area contributed by atoms with Gasteiger partial charge in [-0.25, -0.2) is 0 Å². The van der Waals surface area contributed by atoms with Crippen molar-refractivity contribution in [1.82, 2.24) is 14.7 Å². The van der Waals surface area contributed by atoms with Crippen molar-refractivity contribution in [2.75, 3.05) is 59.0 Å². The van der Waals surface area contributed by atoms with Crippen LogP contribution in [0.3, 0.4) is 0 Å². The first-order chi connectivity index (χ1) is 14.6. The predicted octanol–water partition coefficient (Wildman–Crippen LogP) is 2.48. The minimum Gasteiger partial charge on any atom is -0.379 e. The molecular formula is C24H37N3O3. The number of benzene rings is 1.